The van der Waals surface area contributed by atoms with Crippen LogP contribution < -0.4 is 0 Å². The molecule has 1 aliphatic rings. The summed E-state index contributed by atoms with van der Waals surface area (Å²) < 4.78 is 0. The van der Waals surface area contributed by atoms with Crippen molar-refractivity contribution in [2.75, 3.05) is 20.1 Å². The van der Waals surface area contributed by atoms with Crippen molar-refractivity contribution in [3.05, 3.63) is 35.9 Å². The lowest BCUT2D eigenvalue weighted by molar-refractivity contribution is -0.159. The van der Waals surface area contributed by atoms with Gasteiger partial charge >= 0.3 is 0 Å². The van der Waals surface area contributed by atoms with E-state index in [1.807, 2.05) is 51.1 Å². The highest BCUT2D eigenvalue weighted by Crippen LogP contribution is 2.24. The summed E-state index contributed by atoms with van der Waals surface area (Å²) >= 11 is 0. The van der Waals surface area contributed by atoms with Gasteiger partial charge in [0.1, 0.15) is 5.54 Å². The molecule has 114 valence electrons. The minimum absolute atomic E-state index is 0.00834. The first-order valence-corrected chi connectivity index (χ1v) is 7.45. The second kappa shape index (κ2) is 5.88. The van der Waals surface area contributed by atoms with Gasteiger partial charge in [-0.15, -0.1) is 0 Å². The smallest absolute Gasteiger partial charge is 0.247 e. The number of carbonyl (C=O) groups is 2. The molecule has 0 N–H and O–H groups in total. The van der Waals surface area contributed by atoms with Crippen LogP contribution in [0.3, 0.4) is 0 Å². The quantitative estimate of drug-likeness (QED) is 0.853. The van der Waals surface area contributed by atoms with Gasteiger partial charge in [0, 0.05) is 26.1 Å². The number of likely N-dealkylation sites (N-methyl/N-ethyl adjacent to an activating group) is 1. The molecule has 4 nitrogen and oxygen atoms in total. The zero-order valence-electron chi connectivity index (χ0n) is 13.3. The number of amides is 2. The van der Waals surface area contributed by atoms with Gasteiger partial charge in [0.15, 0.2) is 0 Å². The van der Waals surface area contributed by atoms with E-state index in [0.29, 0.717) is 19.5 Å². The van der Waals surface area contributed by atoms with Crippen molar-refractivity contribution in [3.8, 4) is 0 Å². The Hall–Kier alpha value is -1.84. The zero-order valence-corrected chi connectivity index (χ0v) is 13.3. The predicted molar refractivity (Wildman–Crippen MR) is 82.7 cm³/mol. The van der Waals surface area contributed by atoms with Gasteiger partial charge in [-0.1, -0.05) is 37.3 Å². The van der Waals surface area contributed by atoms with E-state index in [9.17, 15) is 9.59 Å². The van der Waals surface area contributed by atoms with Crippen LogP contribution in [0.25, 0.3) is 0 Å². The average Bonchev–Trinajstić information content (AvgIpc) is 2.45. The Morgan fingerprint density at radius 3 is 2.48 bits per heavy atom. The standard InChI is InChI=1S/C17H24N2O2/c1-13(12-14-8-6-5-7-9-14)15(20)19-11-10-18(4)16(21)17(19,2)3/h5-9,13H,10-12H2,1-4H3/t13-/m1/s1. The van der Waals surface area contributed by atoms with E-state index >= 15 is 0 Å². The largest absolute Gasteiger partial charge is 0.342 e. The summed E-state index contributed by atoms with van der Waals surface area (Å²) in [6.45, 7) is 6.81. The molecule has 2 rings (SSSR count). The maximum Gasteiger partial charge on any atom is 0.247 e. The Morgan fingerprint density at radius 2 is 1.86 bits per heavy atom. The van der Waals surface area contributed by atoms with Crippen molar-refractivity contribution in [3.63, 3.8) is 0 Å². The van der Waals surface area contributed by atoms with Crippen molar-refractivity contribution >= 4 is 11.8 Å². The normalized spacial score (nSPS) is 19.5. The number of benzene rings is 1. The van der Waals surface area contributed by atoms with Crippen molar-refractivity contribution in [1.29, 1.82) is 0 Å². The first-order valence-electron chi connectivity index (χ1n) is 7.45. The highest BCUT2D eigenvalue weighted by molar-refractivity contribution is 5.92. The molecule has 4 heteroatoms. The number of rotatable bonds is 3. The van der Waals surface area contributed by atoms with Crippen LogP contribution in [-0.2, 0) is 16.0 Å². The Bertz CT molecular complexity index is 525. The van der Waals surface area contributed by atoms with Crippen molar-refractivity contribution in [1.82, 2.24) is 9.80 Å². The van der Waals surface area contributed by atoms with E-state index in [-0.39, 0.29) is 17.7 Å². The molecule has 1 aromatic carbocycles. The summed E-state index contributed by atoms with van der Waals surface area (Å²) in [5.41, 5.74) is 0.395. The number of piperazine rings is 1. The third-order valence-corrected chi connectivity index (χ3v) is 4.28. The van der Waals surface area contributed by atoms with Gasteiger partial charge in [0.05, 0.1) is 0 Å². The summed E-state index contributed by atoms with van der Waals surface area (Å²) in [6.07, 6.45) is 0.705. The number of hydrogen-bond donors (Lipinski definition) is 0. The van der Waals surface area contributed by atoms with Gasteiger partial charge in [-0.3, -0.25) is 9.59 Å². The number of hydrogen-bond acceptors (Lipinski definition) is 2. The topological polar surface area (TPSA) is 40.6 Å². The second-order valence-corrected chi connectivity index (χ2v) is 6.37. The van der Waals surface area contributed by atoms with E-state index in [0.717, 1.165) is 5.56 Å². The van der Waals surface area contributed by atoms with Crippen LogP contribution in [0.5, 0.6) is 0 Å². The van der Waals surface area contributed by atoms with Gasteiger partial charge in [-0.05, 0) is 25.8 Å². The zero-order chi connectivity index (χ0) is 15.6. The summed E-state index contributed by atoms with van der Waals surface area (Å²) in [5, 5.41) is 0. The first-order chi connectivity index (χ1) is 9.84. The van der Waals surface area contributed by atoms with Gasteiger partial charge in [-0.2, -0.15) is 0 Å². The molecule has 1 fully saturated rings. The van der Waals surface area contributed by atoms with Crippen LogP contribution >= 0.6 is 0 Å². The maximum absolute atomic E-state index is 12.7. The molecular formula is C17H24N2O2. The number of nitrogens with zero attached hydrogens (tertiary/aromatic N) is 2. The SMILES string of the molecule is C[C@H](Cc1ccccc1)C(=O)N1CCN(C)C(=O)C1(C)C. The molecule has 0 spiro atoms. The molecule has 0 aromatic heterocycles. The van der Waals surface area contributed by atoms with Crippen molar-refractivity contribution < 1.29 is 9.59 Å². The average molecular weight is 288 g/mol. The van der Waals surface area contributed by atoms with Gasteiger partial charge in [0.25, 0.3) is 0 Å². The molecule has 1 heterocycles. The van der Waals surface area contributed by atoms with Crippen LogP contribution in [0.15, 0.2) is 30.3 Å². The van der Waals surface area contributed by atoms with Crippen LogP contribution in [0, 0.1) is 5.92 Å². The Balaban J connectivity index is 2.10. The molecule has 1 aromatic rings. The maximum atomic E-state index is 12.7. The molecule has 21 heavy (non-hydrogen) atoms. The fourth-order valence-corrected chi connectivity index (χ4v) is 2.92. The monoisotopic (exact) mass is 288 g/mol. The molecule has 0 unspecified atom stereocenters. The third-order valence-electron chi connectivity index (χ3n) is 4.28. The van der Waals surface area contributed by atoms with Crippen molar-refractivity contribution in [2.24, 2.45) is 5.92 Å². The minimum atomic E-state index is -0.755. The van der Waals surface area contributed by atoms with Crippen LogP contribution in [0.4, 0.5) is 0 Å². The highest BCUT2D eigenvalue weighted by Gasteiger charge is 2.43. The van der Waals surface area contributed by atoms with E-state index in [2.05, 4.69) is 0 Å². The summed E-state index contributed by atoms with van der Waals surface area (Å²) in [4.78, 5) is 28.4. The molecule has 0 saturated carbocycles. The fourth-order valence-electron chi connectivity index (χ4n) is 2.92. The second-order valence-electron chi connectivity index (χ2n) is 6.37. The lowest BCUT2D eigenvalue weighted by Crippen LogP contribution is -2.64. The van der Waals surface area contributed by atoms with Gasteiger partial charge in [-0.25, -0.2) is 0 Å². The molecule has 1 aliphatic heterocycles. The highest BCUT2D eigenvalue weighted by atomic mass is 16.2. The molecule has 2 amide bonds. The molecule has 1 saturated heterocycles. The summed E-state index contributed by atoms with van der Waals surface area (Å²) in [5.74, 6) is -0.0535. The number of carbonyl (C=O) groups excluding carboxylic acids is 2. The molecular weight excluding hydrogens is 264 g/mol. The summed E-state index contributed by atoms with van der Waals surface area (Å²) in [6, 6.07) is 10.00. The molecule has 0 bridgehead atoms. The minimum Gasteiger partial charge on any atom is -0.342 e. The van der Waals surface area contributed by atoms with Crippen LogP contribution in [-0.4, -0.2) is 47.3 Å². The van der Waals surface area contributed by atoms with Crippen LogP contribution in [0.1, 0.15) is 26.3 Å². The summed E-state index contributed by atoms with van der Waals surface area (Å²) in [7, 11) is 1.79. The lowest BCUT2D eigenvalue weighted by atomic mass is 9.93. The molecule has 1 atom stereocenters. The molecule has 0 aliphatic carbocycles. The van der Waals surface area contributed by atoms with E-state index in [1.165, 1.54) is 0 Å². The molecule has 0 radical (unpaired) electrons. The lowest BCUT2D eigenvalue weighted by Gasteiger charge is -2.45. The van der Waals surface area contributed by atoms with E-state index < -0.39 is 5.54 Å². The van der Waals surface area contributed by atoms with Gasteiger partial charge in [0.2, 0.25) is 11.8 Å². The third kappa shape index (κ3) is 3.09. The first kappa shape index (κ1) is 15.5. The fraction of sp³-hybridized carbons (Fsp3) is 0.529. The van der Waals surface area contributed by atoms with E-state index in [4.69, 9.17) is 0 Å². The Morgan fingerprint density at radius 1 is 1.24 bits per heavy atom. The van der Waals surface area contributed by atoms with Crippen LogP contribution in [0.2, 0.25) is 0 Å². The Labute approximate surface area is 126 Å². The van der Waals surface area contributed by atoms with E-state index in [1.54, 1.807) is 16.8 Å². The Kier molecular flexibility index (Phi) is 4.35. The van der Waals surface area contributed by atoms with Crippen molar-refractivity contribution in [2.45, 2.75) is 32.7 Å². The van der Waals surface area contributed by atoms with Gasteiger partial charge < -0.3 is 9.80 Å². The predicted octanol–water partition coefficient (Wildman–Crippen LogP) is 1.94.